The molecule has 1 fully saturated rings. The van der Waals surface area contributed by atoms with Crippen molar-refractivity contribution in [3.8, 4) is 11.3 Å². The van der Waals surface area contributed by atoms with E-state index in [0.29, 0.717) is 15.7 Å². The van der Waals surface area contributed by atoms with Gasteiger partial charge >= 0.3 is 13.3 Å². The first-order valence-corrected chi connectivity index (χ1v) is 8.89. The Hall–Kier alpha value is -1.38. The molecule has 1 aromatic carbocycles. The minimum Gasteiger partial charge on any atom is -0.399 e. The molecular formula is C18H18BBrF3NO2. The normalized spacial score (nSPS) is 19.0. The first-order chi connectivity index (χ1) is 11.9. The number of hydrogen-bond acceptors (Lipinski definition) is 3. The van der Waals surface area contributed by atoms with Gasteiger partial charge in [-0.2, -0.15) is 13.2 Å². The lowest BCUT2D eigenvalue weighted by Gasteiger charge is -2.32. The summed E-state index contributed by atoms with van der Waals surface area (Å²) >= 11 is 3.45. The average molecular weight is 428 g/mol. The van der Waals surface area contributed by atoms with E-state index in [4.69, 9.17) is 9.31 Å². The van der Waals surface area contributed by atoms with E-state index in [1.54, 1.807) is 6.20 Å². The highest BCUT2D eigenvalue weighted by Gasteiger charge is 2.51. The largest absolute Gasteiger partial charge is 0.496 e. The highest BCUT2D eigenvalue weighted by atomic mass is 79.9. The SMILES string of the molecule is CC1(C)OB(c2cnc(-c3ccc(C(F)(F)F)cc3)c(Br)c2)OC1(C)C. The summed E-state index contributed by atoms with van der Waals surface area (Å²) in [4.78, 5) is 4.39. The molecule has 0 bridgehead atoms. The molecule has 26 heavy (non-hydrogen) atoms. The van der Waals surface area contributed by atoms with Gasteiger partial charge in [-0.05, 0) is 61.8 Å². The van der Waals surface area contributed by atoms with Gasteiger partial charge in [-0.1, -0.05) is 12.1 Å². The van der Waals surface area contributed by atoms with Crippen LogP contribution in [0, 0.1) is 0 Å². The summed E-state index contributed by atoms with van der Waals surface area (Å²) in [6.45, 7) is 7.86. The van der Waals surface area contributed by atoms with Crippen LogP contribution in [0.4, 0.5) is 13.2 Å². The third kappa shape index (κ3) is 3.55. The van der Waals surface area contributed by atoms with Crippen LogP contribution in [0.25, 0.3) is 11.3 Å². The van der Waals surface area contributed by atoms with Gasteiger partial charge in [-0.15, -0.1) is 0 Å². The molecule has 0 aliphatic carbocycles. The van der Waals surface area contributed by atoms with E-state index < -0.39 is 30.1 Å². The second-order valence-corrected chi connectivity index (χ2v) is 8.12. The first-order valence-electron chi connectivity index (χ1n) is 8.09. The highest BCUT2D eigenvalue weighted by molar-refractivity contribution is 9.10. The summed E-state index contributed by atoms with van der Waals surface area (Å²) in [6, 6.07) is 6.73. The van der Waals surface area contributed by atoms with Crippen molar-refractivity contribution >= 4 is 28.5 Å². The van der Waals surface area contributed by atoms with E-state index >= 15 is 0 Å². The van der Waals surface area contributed by atoms with Crippen molar-refractivity contribution in [3.05, 3.63) is 46.6 Å². The van der Waals surface area contributed by atoms with Gasteiger partial charge in [0.05, 0.1) is 22.5 Å². The summed E-state index contributed by atoms with van der Waals surface area (Å²) in [6.07, 6.45) is -2.73. The van der Waals surface area contributed by atoms with Crippen LogP contribution in [0.5, 0.6) is 0 Å². The van der Waals surface area contributed by atoms with Crippen molar-refractivity contribution in [2.45, 2.75) is 45.1 Å². The number of rotatable bonds is 2. The third-order valence-electron chi connectivity index (χ3n) is 4.87. The topological polar surface area (TPSA) is 31.4 Å². The Balaban J connectivity index is 1.87. The van der Waals surface area contributed by atoms with Crippen LogP contribution in [0.2, 0.25) is 0 Å². The van der Waals surface area contributed by atoms with Gasteiger partial charge in [0.15, 0.2) is 0 Å². The summed E-state index contributed by atoms with van der Waals surface area (Å²) in [7, 11) is -0.551. The second kappa shape index (κ2) is 6.35. The maximum atomic E-state index is 12.7. The van der Waals surface area contributed by atoms with Crippen molar-refractivity contribution in [1.82, 2.24) is 4.98 Å². The smallest absolute Gasteiger partial charge is 0.399 e. The van der Waals surface area contributed by atoms with Gasteiger partial charge in [-0.25, -0.2) is 0 Å². The molecule has 2 heterocycles. The fourth-order valence-electron chi connectivity index (χ4n) is 2.59. The molecule has 0 saturated carbocycles. The van der Waals surface area contributed by atoms with Crippen LogP contribution in [0.1, 0.15) is 33.3 Å². The molecular weight excluding hydrogens is 410 g/mol. The van der Waals surface area contributed by atoms with E-state index in [9.17, 15) is 13.2 Å². The molecule has 3 nitrogen and oxygen atoms in total. The summed E-state index contributed by atoms with van der Waals surface area (Å²) in [5.41, 5.74) is 0.272. The number of benzene rings is 1. The molecule has 0 spiro atoms. The molecule has 138 valence electrons. The Morgan fingerprint density at radius 3 is 2.00 bits per heavy atom. The predicted octanol–water partition coefficient (Wildman–Crippen LogP) is 4.83. The average Bonchev–Trinajstić information content (AvgIpc) is 2.75. The molecule has 0 radical (unpaired) electrons. The van der Waals surface area contributed by atoms with Crippen LogP contribution in [0.15, 0.2) is 41.0 Å². The molecule has 8 heteroatoms. The maximum absolute atomic E-state index is 12.7. The molecule has 0 N–H and O–H groups in total. The Labute approximate surface area is 159 Å². The molecule has 2 aromatic rings. The number of nitrogens with zero attached hydrogens (tertiary/aromatic N) is 1. The van der Waals surface area contributed by atoms with E-state index in [2.05, 4.69) is 20.9 Å². The van der Waals surface area contributed by atoms with Gasteiger partial charge < -0.3 is 9.31 Å². The summed E-state index contributed by atoms with van der Waals surface area (Å²) < 4.78 is 50.7. The Morgan fingerprint density at radius 1 is 1.00 bits per heavy atom. The number of hydrogen-bond donors (Lipinski definition) is 0. The van der Waals surface area contributed by atoms with Crippen molar-refractivity contribution in [3.63, 3.8) is 0 Å². The first kappa shape index (κ1) is 19.4. The minimum atomic E-state index is -4.36. The Morgan fingerprint density at radius 2 is 1.54 bits per heavy atom. The number of alkyl halides is 3. The Kier molecular flexibility index (Phi) is 4.74. The monoisotopic (exact) mass is 427 g/mol. The molecule has 1 aliphatic rings. The van der Waals surface area contributed by atoms with E-state index in [1.807, 2.05) is 33.8 Å². The van der Waals surface area contributed by atoms with Gasteiger partial charge in [0.25, 0.3) is 0 Å². The van der Waals surface area contributed by atoms with Gasteiger partial charge in [0, 0.05) is 21.7 Å². The summed E-state index contributed by atoms with van der Waals surface area (Å²) in [5, 5.41) is 0. The highest BCUT2D eigenvalue weighted by Crippen LogP contribution is 2.37. The predicted molar refractivity (Wildman–Crippen MR) is 98.1 cm³/mol. The lowest BCUT2D eigenvalue weighted by atomic mass is 9.80. The zero-order valence-electron chi connectivity index (χ0n) is 14.8. The van der Waals surface area contributed by atoms with E-state index in [0.717, 1.165) is 17.6 Å². The second-order valence-electron chi connectivity index (χ2n) is 7.26. The zero-order chi connectivity index (χ0) is 19.3. The van der Waals surface area contributed by atoms with Crippen molar-refractivity contribution in [2.24, 2.45) is 0 Å². The fraction of sp³-hybridized carbons (Fsp3) is 0.389. The molecule has 1 saturated heterocycles. The standard InChI is InChI=1S/C18H18BBrF3NO2/c1-16(2)17(3,4)26-19(25-16)13-9-14(20)15(24-10-13)11-5-7-12(8-6-11)18(21,22)23/h5-10H,1-4H3. The molecule has 1 aromatic heterocycles. The Bertz CT molecular complexity index is 806. The lowest BCUT2D eigenvalue weighted by molar-refractivity contribution is -0.137. The minimum absolute atomic E-state index is 0.462. The van der Waals surface area contributed by atoms with Crippen LogP contribution in [0.3, 0.4) is 0 Å². The maximum Gasteiger partial charge on any atom is 0.496 e. The zero-order valence-corrected chi connectivity index (χ0v) is 16.4. The lowest BCUT2D eigenvalue weighted by Crippen LogP contribution is -2.41. The number of halogens is 4. The van der Waals surface area contributed by atoms with Crippen molar-refractivity contribution in [2.75, 3.05) is 0 Å². The molecule has 1 aliphatic heterocycles. The van der Waals surface area contributed by atoms with E-state index in [-0.39, 0.29) is 0 Å². The quantitative estimate of drug-likeness (QED) is 0.643. The van der Waals surface area contributed by atoms with Crippen LogP contribution in [-0.4, -0.2) is 23.3 Å². The van der Waals surface area contributed by atoms with Crippen molar-refractivity contribution < 1.29 is 22.5 Å². The van der Waals surface area contributed by atoms with Gasteiger partial charge in [-0.3, -0.25) is 4.98 Å². The van der Waals surface area contributed by atoms with Crippen molar-refractivity contribution in [1.29, 1.82) is 0 Å². The molecule has 0 unspecified atom stereocenters. The number of aromatic nitrogens is 1. The molecule has 0 atom stereocenters. The van der Waals surface area contributed by atoms with Crippen LogP contribution in [-0.2, 0) is 15.5 Å². The molecule has 0 amide bonds. The van der Waals surface area contributed by atoms with Gasteiger partial charge in [0.2, 0.25) is 0 Å². The molecule has 3 rings (SSSR count). The number of pyridine rings is 1. The fourth-order valence-corrected chi connectivity index (χ4v) is 3.19. The summed E-state index contributed by atoms with van der Waals surface area (Å²) in [5.74, 6) is 0. The third-order valence-corrected chi connectivity index (χ3v) is 5.48. The van der Waals surface area contributed by atoms with Gasteiger partial charge in [0.1, 0.15) is 0 Å². The van der Waals surface area contributed by atoms with Crippen LogP contribution < -0.4 is 5.46 Å². The van der Waals surface area contributed by atoms with E-state index in [1.165, 1.54) is 12.1 Å². The van der Waals surface area contributed by atoms with Crippen LogP contribution >= 0.6 is 15.9 Å².